The molecule has 0 N–H and O–H groups in total. The molecule has 1 atom stereocenters. The van der Waals surface area contributed by atoms with E-state index in [1.54, 1.807) is 7.11 Å². The quantitative estimate of drug-likeness (QED) is 0.792. The molecule has 1 aliphatic rings. The highest BCUT2D eigenvalue weighted by molar-refractivity contribution is 6.10. The number of nitrogens with zero attached hydrogens (tertiary/aromatic N) is 1. The monoisotopic (exact) mass is 287 g/mol. The predicted molar refractivity (Wildman–Crippen MR) is 82.0 cm³/mol. The number of rotatable bonds is 5. The van der Waals surface area contributed by atoms with Crippen molar-refractivity contribution < 1.29 is 14.3 Å². The van der Waals surface area contributed by atoms with Gasteiger partial charge in [-0.2, -0.15) is 0 Å². The summed E-state index contributed by atoms with van der Waals surface area (Å²) >= 11 is 0. The molecule has 112 valence electrons. The number of carbonyl (C=O) groups is 1. The molecule has 0 bridgehead atoms. The minimum atomic E-state index is 0.167. The molecule has 0 aliphatic carbocycles. The molecule has 0 radical (unpaired) electrons. The van der Waals surface area contributed by atoms with Crippen molar-refractivity contribution in [3.05, 3.63) is 30.0 Å². The summed E-state index contributed by atoms with van der Waals surface area (Å²) < 4.78 is 13.0. The first-order valence-corrected chi connectivity index (χ1v) is 7.47. The smallest absolute Gasteiger partial charge is 0.165 e. The van der Waals surface area contributed by atoms with E-state index in [9.17, 15) is 4.79 Å². The molecular formula is C17H21NO3. The van der Waals surface area contributed by atoms with Crippen molar-refractivity contribution in [1.29, 1.82) is 0 Å². The molecule has 0 saturated carbocycles. The standard InChI is InChI=1S/C17H21NO3/c1-18-11-13(15(19)9-8-12-5-4-10-21-12)17-14(18)6-3-7-16(17)20-2/h3,6-7,11-12H,4-5,8-10H2,1-2H3. The zero-order valence-electron chi connectivity index (χ0n) is 12.6. The molecule has 21 heavy (non-hydrogen) atoms. The van der Waals surface area contributed by atoms with Crippen LogP contribution in [-0.2, 0) is 11.8 Å². The Hall–Kier alpha value is -1.81. The summed E-state index contributed by atoms with van der Waals surface area (Å²) in [6, 6.07) is 5.86. The number of Topliss-reactive ketones (excluding diaryl/α,β-unsaturated/α-hetero) is 1. The molecule has 4 heteroatoms. The summed E-state index contributed by atoms with van der Waals surface area (Å²) in [5.41, 5.74) is 1.78. The van der Waals surface area contributed by atoms with E-state index < -0.39 is 0 Å². The number of hydrogen-bond donors (Lipinski definition) is 0. The van der Waals surface area contributed by atoms with E-state index >= 15 is 0 Å². The third kappa shape index (κ3) is 2.68. The normalized spacial score (nSPS) is 18.3. The van der Waals surface area contributed by atoms with Crippen molar-refractivity contribution >= 4 is 16.7 Å². The highest BCUT2D eigenvalue weighted by atomic mass is 16.5. The number of ether oxygens (including phenoxy) is 2. The van der Waals surface area contributed by atoms with Gasteiger partial charge >= 0.3 is 0 Å². The Kier molecular flexibility index (Phi) is 3.97. The molecule has 4 nitrogen and oxygen atoms in total. The number of ketones is 1. The van der Waals surface area contributed by atoms with Gasteiger partial charge in [0.1, 0.15) is 5.75 Å². The first-order chi connectivity index (χ1) is 10.2. The van der Waals surface area contributed by atoms with Crippen LogP contribution in [0.25, 0.3) is 10.9 Å². The Morgan fingerprint density at radius 1 is 1.48 bits per heavy atom. The van der Waals surface area contributed by atoms with Crippen LogP contribution in [0, 0.1) is 0 Å². The second-order valence-electron chi connectivity index (χ2n) is 5.60. The van der Waals surface area contributed by atoms with Gasteiger partial charge in [0.25, 0.3) is 0 Å². The van der Waals surface area contributed by atoms with Gasteiger partial charge in [-0.15, -0.1) is 0 Å². The lowest BCUT2D eigenvalue weighted by atomic mass is 10.0. The van der Waals surface area contributed by atoms with Crippen LogP contribution in [0.2, 0.25) is 0 Å². The average Bonchev–Trinajstić information content (AvgIpc) is 3.13. The topological polar surface area (TPSA) is 40.5 Å². The fourth-order valence-electron chi connectivity index (χ4n) is 3.09. The van der Waals surface area contributed by atoms with Crippen molar-refractivity contribution in [2.75, 3.05) is 13.7 Å². The number of benzene rings is 1. The molecule has 1 unspecified atom stereocenters. The maximum absolute atomic E-state index is 12.6. The molecule has 2 heterocycles. The number of hydrogen-bond acceptors (Lipinski definition) is 3. The van der Waals surface area contributed by atoms with Crippen LogP contribution >= 0.6 is 0 Å². The van der Waals surface area contributed by atoms with Gasteiger partial charge < -0.3 is 14.0 Å². The lowest BCUT2D eigenvalue weighted by Gasteiger charge is -2.08. The molecule has 0 spiro atoms. The Balaban J connectivity index is 1.86. The fourth-order valence-corrected chi connectivity index (χ4v) is 3.09. The fraction of sp³-hybridized carbons (Fsp3) is 0.471. The summed E-state index contributed by atoms with van der Waals surface area (Å²) in [5.74, 6) is 0.925. The second kappa shape index (κ2) is 5.90. The summed E-state index contributed by atoms with van der Waals surface area (Å²) in [5, 5.41) is 0.917. The lowest BCUT2D eigenvalue weighted by Crippen LogP contribution is -2.08. The maximum Gasteiger partial charge on any atom is 0.165 e. The van der Waals surface area contributed by atoms with Crippen LogP contribution in [0.3, 0.4) is 0 Å². The number of aryl methyl sites for hydroxylation is 1. The SMILES string of the molecule is COc1cccc2c1c(C(=O)CCC1CCCO1)cn2C. The molecule has 0 amide bonds. The number of aromatic nitrogens is 1. The molecule has 1 aliphatic heterocycles. The average molecular weight is 287 g/mol. The van der Waals surface area contributed by atoms with E-state index in [1.165, 1.54) is 0 Å². The maximum atomic E-state index is 12.6. The van der Waals surface area contributed by atoms with Crippen molar-refractivity contribution in [3.63, 3.8) is 0 Å². The van der Waals surface area contributed by atoms with E-state index in [0.29, 0.717) is 6.42 Å². The highest BCUT2D eigenvalue weighted by Crippen LogP contribution is 2.31. The van der Waals surface area contributed by atoms with Gasteiger partial charge in [0.05, 0.1) is 24.1 Å². The summed E-state index contributed by atoms with van der Waals surface area (Å²) in [6.07, 6.45) is 5.69. The van der Waals surface area contributed by atoms with Crippen molar-refractivity contribution in [2.24, 2.45) is 7.05 Å². The van der Waals surface area contributed by atoms with Gasteiger partial charge in [0.2, 0.25) is 0 Å². The van der Waals surface area contributed by atoms with Crippen molar-refractivity contribution in [1.82, 2.24) is 4.57 Å². The third-order valence-electron chi connectivity index (χ3n) is 4.21. The zero-order valence-corrected chi connectivity index (χ0v) is 12.6. The van der Waals surface area contributed by atoms with Crippen LogP contribution < -0.4 is 4.74 Å². The zero-order chi connectivity index (χ0) is 14.8. The Morgan fingerprint density at radius 3 is 3.05 bits per heavy atom. The summed E-state index contributed by atoms with van der Waals surface area (Å²) in [6.45, 7) is 0.834. The molecule has 1 saturated heterocycles. The molecule has 1 fully saturated rings. The van der Waals surface area contributed by atoms with E-state index in [-0.39, 0.29) is 11.9 Å². The second-order valence-corrected chi connectivity index (χ2v) is 5.60. The highest BCUT2D eigenvalue weighted by Gasteiger charge is 2.20. The van der Waals surface area contributed by atoms with Crippen LogP contribution in [0.15, 0.2) is 24.4 Å². The van der Waals surface area contributed by atoms with Gasteiger partial charge in [-0.3, -0.25) is 4.79 Å². The van der Waals surface area contributed by atoms with Gasteiger partial charge in [0.15, 0.2) is 5.78 Å². The van der Waals surface area contributed by atoms with Crippen LogP contribution in [0.4, 0.5) is 0 Å². The minimum absolute atomic E-state index is 0.167. The van der Waals surface area contributed by atoms with Crippen LogP contribution in [-0.4, -0.2) is 30.2 Å². The van der Waals surface area contributed by atoms with Gasteiger partial charge in [-0.05, 0) is 31.4 Å². The third-order valence-corrected chi connectivity index (χ3v) is 4.21. The van der Waals surface area contributed by atoms with Crippen molar-refractivity contribution in [3.8, 4) is 5.75 Å². The van der Waals surface area contributed by atoms with E-state index in [4.69, 9.17) is 9.47 Å². The van der Waals surface area contributed by atoms with E-state index in [0.717, 1.165) is 48.1 Å². The largest absolute Gasteiger partial charge is 0.496 e. The first kappa shape index (κ1) is 14.1. The number of fused-ring (bicyclic) bond motifs is 1. The van der Waals surface area contributed by atoms with Crippen molar-refractivity contribution in [2.45, 2.75) is 31.8 Å². The first-order valence-electron chi connectivity index (χ1n) is 7.47. The van der Waals surface area contributed by atoms with Crippen LogP contribution in [0.1, 0.15) is 36.0 Å². The molecule has 1 aromatic heterocycles. The van der Waals surface area contributed by atoms with Gasteiger partial charge in [0, 0.05) is 31.8 Å². The van der Waals surface area contributed by atoms with Crippen LogP contribution in [0.5, 0.6) is 5.75 Å². The molecular weight excluding hydrogens is 266 g/mol. The Morgan fingerprint density at radius 2 is 2.33 bits per heavy atom. The predicted octanol–water partition coefficient (Wildman–Crippen LogP) is 3.33. The molecule has 2 aromatic rings. The Labute approximate surface area is 124 Å². The van der Waals surface area contributed by atoms with E-state index in [2.05, 4.69) is 0 Å². The van der Waals surface area contributed by atoms with Gasteiger partial charge in [-0.25, -0.2) is 0 Å². The number of methoxy groups -OCH3 is 1. The minimum Gasteiger partial charge on any atom is -0.496 e. The summed E-state index contributed by atoms with van der Waals surface area (Å²) in [4.78, 5) is 12.6. The Bertz CT molecular complexity index is 653. The lowest BCUT2D eigenvalue weighted by molar-refractivity contribution is 0.0860. The number of carbonyl (C=O) groups excluding carboxylic acids is 1. The summed E-state index contributed by atoms with van der Waals surface area (Å²) in [7, 11) is 3.60. The van der Waals surface area contributed by atoms with Gasteiger partial charge in [-0.1, -0.05) is 6.07 Å². The molecule has 1 aromatic carbocycles. The van der Waals surface area contributed by atoms with E-state index in [1.807, 2.05) is 36.0 Å². The molecule has 3 rings (SSSR count).